The van der Waals surface area contributed by atoms with Gasteiger partial charge in [-0.25, -0.2) is 4.98 Å². The van der Waals surface area contributed by atoms with Gasteiger partial charge in [0.25, 0.3) is 0 Å². The summed E-state index contributed by atoms with van der Waals surface area (Å²) < 4.78 is 0. The standard InChI is InChI=1S/C15H19N3OS/c1-11(10-16-2)14(19)18-13(15-17-8-9-20-15)12-6-4-3-5-7-12/h3-9,11,13,16H,10H2,1-2H3,(H,18,19). The van der Waals surface area contributed by atoms with E-state index < -0.39 is 0 Å². The van der Waals surface area contributed by atoms with E-state index in [-0.39, 0.29) is 17.9 Å². The van der Waals surface area contributed by atoms with Gasteiger partial charge in [0.1, 0.15) is 11.0 Å². The van der Waals surface area contributed by atoms with Gasteiger partial charge in [0.15, 0.2) is 0 Å². The van der Waals surface area contributed by atoms with E-state index in [4.69, 9.17) is 0 Å². The number of carbonyl (C=O) groups excluding carboxylic acids is 1. The number of nitrogens with zero attached hydrogens (tertiary/aromatic N) is 1. The molecule has 4 nitrogen and oxygen atoms in total. The largest absolute Gasteiger partial charge is 0.342 e. The molecule has 0 bridgehead atoms. The van der Waals surface area contributed by atoms with Gasteiger partial charge in [-0.15, -0.1) is 11.3 Å². The SMILES string of the molecule is CNCC(C)C(=O)NC(c1ccccc1)c1nccs1. The van der Waals surface area contributed by atoms with E-state index >= 15 is 0 Å². The van der Waals surface area contributed by atoms with Crippen LogP contribution in [0.2, 0.25) is 0 Å². The summed E-state index contributed by atoms with van der Waals surface area (Å²) in [4.78, 5) is 16.6. The first-order valence-corrected chi connectivity index (χ1v) is 7.49. The number of nitrogens with one attached hydrogen (secondary N) is 2. The number of rotatable bonds is 6. The Hall–Kier alpha value is -1.72. The summed E-state index contributed by atoms with van der Waals surface area (Å²) in [6.07, 6.45) is 1.76. The molecule has 0 saturated carbocycles. The molecule has 1 amide bonds. The average Bonchev–Trinajstić information content (AvgIpc) is 2.99. The molecule has 20 heavy (non-hydrogen) atoms. The molecule has 0 fully saturated rings. The summed E-state index contributed by atoms with van der Waals surface area (Å²) >= 11 is 1.55. The van der Waals surface area contributed by atoms with Gasteiger partial charge in [0.2, 0.25) is 5.91 Å². The van der Waals surface area contributed by atoms with Gasteiger partial charge in [-0.3, -0.25) is 4.79 Å². The predicted octanol–water partition coefficient (Wildman–Crippen LogP) is 2.20. The van der Waals surface area contributed by atoms with Crippen molar-refractivity contribution < 1.29 is 4.79 Å². The van der Waals surface area contributed by atoms with Gasteiger partial charge in [-0.05, 0) is 12.6 Å². The minimum Gasteiger partial charge on any atom is -0.342 e. The Labute approximate surface area is 123 Å². The van der Waals surface area contributed by atoms with Crippen molar-refractivity contribution in [3.63, 3.8) is 0 Å². The lowest BCUT2D eigenvalue weighted by molar-refractivity contribution is -0.124. The third-order valence-electron chi connectivity index (χ3n) is 3.08. The Kier molecular flexibility index (Phi) is 5.26. The normalized spacial score (nSPS) is 13.7. The highest BCUT2D eigenvalue weighted by Crippen LogP contribution is 2.24. The number of thiazole rings is 1. The molecule has 106 valence electrons. The molecule has 5 heteroatoms. The Morgan fingerprint density at radius 1 is 1.35 bits per heavy atom. The second-order valence-electron chi connectivity index (χ2n) is 4.68. The van der Waals surface area contributed by atoms with Crippen LogP contribution < -0.4 is 10.6 Å². The van der Waals surface area contributed by atoms with Crippen molar-refractivity contribution in [3.8, 4) is 0 Å². The molecule has 1 aromatic heterocycles. The molecule has 2 aromatic rings. The van der Waals surface area contributed by atoms with Crippen LogP contribution in [0, 0.1) is 5.92 Å². The topological polar surface area (TPSA) is 54.0 Å². The van der Waals surface area contributed by atoms with Crippen LogP contribution >= 0.6 is 11.3 Å². The molecule has 0 radical (unpaired) electrons. The van der Waals surface area contributed by atoms with E-state index in [1.807, 2.05) is 49.7 Å². The van der Waals surface area contributed by atoms with Gasteiger partial charge < -0.3 is 10.6 Å². The van der Waals surface area contributed by atoms with Gasteiger partial charge in [0.05, 0.1) is 0 Å². The molecule has 1 heterocycles. The van der Waals surface area contributed by atoms with E-state index in [0.29, 0.717) is 6.54 Å². The summed E-state index contributed by atoms with van der Waals surface area (Å²) in [5.74, 6) is -0.0467. The summed E-state index contributed by atoms with van der Waals surface area (Å²) in [6.45, 7) is 2.57. The minimum atomic E-state index is -0.178. The van der Waals surface area contributed by atoms with Crippen molar-refractivity contribution in [2.75, 3.05) is 13.6 Å². The lowest BCUT2D eigenvalue weighted by Gasteiger charge is -2.19. The van der Waals surface area contributed by atoms with Crippen LogP contribution in [0.25, 0.3) is 0 Å². The fourth-order valence-electron chi connectivity index (χ4n) is 1.99. The zero-order valence-corrected chi connectivity index (χ0v) is 12.5. The van der Waals surface area contributed by atoms with E-state index in [9.17, 15) is 4.79 Å². The molecule has 1 aromatic carbocycles. The van der Waals surface area contributed by atoms with E-state index in [1.54, 1.807) is 17.5 Å². The third-order valence-corrected chi connectivity index (χ3v) is 3.92. The molecule has 2 N–H and O–H groups in total. The van der Waals surface area contributed by atoms with Gasteiger partial charge >= 0.3 is 0 Å². The zero-order valence-electron chi connectivity index (χ0n) is 11.7. The van der Waals surface area contributed by atoms with Crippen LogP contribution in [0.15, 0.2) is 41.9 Å². The smallest absolute Gasteiger partial charge is 0.224 e. The number of aromatic nitrogens is 1. The maximum atomic E-state index is 12.2. The van der Waals surface area contributed by atoms with Crippen molar-refractivity contribution in [2.24, 2.45) is 5.92 Å². The van der Waals surface area contributed by atoms with Crippen LogP contribution in [0.1, 0.15) is 23.5 Å². The van der Waals surface area contributed by atoms with Crippen molar-refractivity contribution in [2.45, 2.75) is 13.0 Å². The fourth-order valence-corrected chi connectivity index (χ4v) is 2.71. The van der Waals surface area contributed by atoms with Gasteiger partial charge in [-0.2, -0.15) is 0 Å². The van der Waals surface area contributed by atoms with E-state index in [0.717, 1.165) is 10.6 Å². The van der Waals surface area contributed by atoms with E-state index in [2.05, 4.69) is 15.6 Å². The van der Waals surface area contributed by atoms with Crippen molar-refractivity contribution in [1.29, 1.82) is 0 Å². The average molecular weight is 289 g/mol. The molecule has 2 unspecified atom stereocenters. The van der Waals surface area contributed by atoms with Crippen LogP contribution in [-0.4, -0.2) is 24.5 Å². The van der Waals surface area contributed by atoms with Crippen molar-refractivity contribution >= 4 is 17.2 Å². The van der Waals surface area contributed by atoms with Crippen LogP contribution in [-0.2, 0) is 4.79 Å². The van der Waals surface area contributed by atoms with Crippen molar-refractivity contribution in [1.82, 2.24) is 15.6 Å². The highest BCUT2D eigenvalue weighted by molar-refractivity contribution is 7.09. The Morgan fingerprint density at radius 2 is 2.10 bits per heavy atom. The van der Waals surface area contributed by atoms with Crippen molar-refractivity contribution in [3.05, 3.63) is 52.5 Å². The summed E-state index contributed by atoms with van der Waals surface area (Å²) in [5.41, 5.74) is 1.05. The van der Waals surface area contributed by atoms with E-state index in [1.165, 1.54) is 0 Å². The second kappa shape index (κ2) is 7.17. The molecule has 0 saturated heterocycles. The third kappa shape index (κ3) is 3.65. The highest BCUT2D eigenvalue weighted by Gasteiger charge is 2.21. The summed E-state index contributed by atoms with van der Waals surface area (Å²) in [6, 6.07) is 9.75. The summed E-state index contributed by atoms with van der Waals surface area (Å²) in [5, 5.41) is 8.94. The first-order valence-electron chi connectivity index (χ1n) is 6.61. The molecule has 0 aliphatic heterocycles. The molecule has 2 rings (SSSR count). The maximum Gasteiger partial charge on any atom is 0.224 e. The van der Waals surface area contributed by atoms with Crippen LogP contribution in [0.3, 0.4) is 0 Å². The van der Waals surface area contributed by atoms with Gasteiger partial charge in [-0.1, -0.05) is 37.3 Å². The second-order valence-corrected chi connectivity index (χ2v) is 5.61. The summed E-state index contributed by atoms with van der Waals surface area (Å²) in [7, 11) is 1.85. The Bertz CT molecular complexity index is 527. The maximum absolute atomic E-state index is 12.2. The number of carbonyl (C=O) groups is 1. The molecule has 0 aliphatic carbocycles. The predicted molar refractivity (Wildman–Crippen MR) is 81.6 cm³/mol. The lowest BCUT2D eigenvalue weighted by atomic mass is 10.1. The fraction of sp³-hybridized carbons (Fsp3) is 0.333. The minimum absolute atomic E-state index is 0.0309. The number of hydrogen-bond acceptors (Lipinski definition) is 4. The monoisotopic (exact) mass is 289 g/mol. The number of hydrogen-bond donors (Lipinski definition) is 2. The molecular weight excluding hydrogens is 270 g/mol. The molecule has 2 atom stereocenters. The number of amides is 1. The Morgan fingerprint density at radius 3 is 2.70 bits per heavy atom. The molecule has 0 aliphatic rings. The molecule has 0 spiro atoms. The zero-order chi connectivity index (χ0) is 14.4. The lowest BCUT2D eigenvalue weighted by Crippen LogP contribution is -2.37. The first kappa shape index (κ1) is 14.7. The van der Waals surface area contributed by atoms with Crippen LogP contribution in [0.5, 0.6) is 0 Å². The highest BCUT2D eigenvalue weighted by atomic mass is 32.1. The first-order chi connectivity index (χ1) is 9.72. The molecular formula is C15H19N3OS. The quantitative estimate of drug-likeness (QED) is 0.857. The van der Waals surface area contributed by atoms with Crippen LogP contribution in [0.4, 0.5) is 0 Å². The van der Waals surface area contributed by atoms with Gasteiger partial charge in [0, 0.05) is 24.0 Å². The Balaban J connectivity index is 2.18. The number of benzene rings is 1.